The summed E-state index contributed by atoms with van der Waals surface area (Å²) in [5, 5.41) is 21.8. The van der Waals surface area contributed by atoms with Gasteiger partial charge in [0.2, 0.25) is 0 Å². The van der Waals surface area contributed by atoms with Crippen LogP contribution in [0.15, 0.2) is 59.9 Å². The molecule has 1 N–H and O–H groups in total. The lowest BCUT2D eigenvalue weighted by Gasteiger charge is -2.23. The Kier molecular flexibility index (Phi) is 4.16. The van der Waals surface area contributed by atoms with Crippen molar-refractivity contribution in [2.24, 2.45) is 0 Å². The molecule has 0 aliphatic carbocycles. The maximum absolute atomic E-state index is 12.8. The summed E-state index contributed by atoms with van der Waals surface area (Å²) >= 11 is 1.23. The number of aliphatic hydroxyl groups excluding tert-OH is 1. The Balaban J connectivity index is 1.91. The number of carbonyl (C=O) groups excluding carboxylic acids is 2. The van der Waals surface area contributed by atoms with Crippen LogP contribution in [0.3, 0.4) is 0 Å². The molecule has 3 aromatic rings. The molecule has 28 heavy (non-hydrogen) atoms. The highest BCUT2D eigenvalue weighted by Gasteiger charge is 2.44. The van der Waals surface area contributed by atoms with Crippen molar-refractivity contribution < 1.29 is 19.6 Å². The third kappa shape index (κ3) is 2.72. The summed E-state index contributed by atoms with van der Waals surface area (Å²) in [6, 6.07) is 12.0. The second kappa shape index (κ2) is 6.54. The van der Waals surface area contributed by atoms with Crippen LogP contribution in [0.2, 0.25) is 0 Å². The molecule has 1 aliphatic rings. The van der Waals surface area contributed by atoms with E-state index in [9.17, 15) is 24.8 Å². The van der Waals surface area contributed by atoms with E-state index in [0.29, 0.717) is 16.2 Å². The normalized spacial score (nSPS) is 16.8. The summed E-state index contributed by atoms with van der Waals surface area (Å²) in [7, 11) is 0. The van der Waals surface area contributed by atoms with Gasteiger partial charge in [-0.05, 0) is 24.6 Å². The van der Waals surface area contributed by atoms with Gasteiger partial charge in [0.05, 0.1) is 26.8 Å². The first-order valence-corrected chi connectivity index (χ1v) is 9.07. The summed E-state index contributed by atoms with van der Waals surface area (Å²) < 4.78 is 0.832. The lowest BCUT2D eigenvalue weighted by molar-refractivity contribution is -0.384. The minimum absolute atomic E-state index is 0.107. The molecule has 2 heterocycles. The molecule has 1 aliphatic heterocycles. The zero-order valence-corrected chi connectivity index (χ0v) is 15.3. The molecule has 0 bridgehead atoms. The zero-order chi connectivity index (χ0) is 20.0. The first-order valence-electron chi connectivity index (χ1n) is 8.26. The van der Waals surface area contributed by atoms with Crippen molar-refractivity contribution in [3.8, 4) is 0 Å². The van der Waals surface area contributed by atoms with E-state index in [1.165, 1.54) is 41.4 Å². The van der Waals surface area contributed by atoms with Crippen LogP contribution in [-0.4, -0.2) is 26.7 Å². The van der Waals surface area contributed by atoms with Gasteiger partial charge in [0.25, 0.3) is 11.6 Å². The van der Waals surface area contributed by atoms with Crippen molar-refractivity contribution in [1.29, 1.82) is 0 Å². The number of hydrogen-bond acceptors (Lipinski definition) is 7. The second-order valence-corrected chi connectivity index (χ2v) is 7.22. The van der Waals surface area contributed by atoms with Crippen LogP contribution in [0.25, 0.3) is 10.2 Å². The number of aliphatic hydroxyl groups is 1. The Bertz CT molecular complexity index is 1150. The molecule has 0 radical (unpaired) electrons. The summed E-state index contributed by atoms with van der Waals surface area (Å²) in [6.45, 7) is 1.24. The third-order valence-electron chi connectivity index (χ3n) is 4.47. The van der Waals surface area contributed by atoms with E-state index in [1.807, 2.05) is 18.2 Å². The number of fused-ring (bicyclic) bond motifs is 1. The largest absolute Gasteiger partial charge is 0.503 e. The zero-order valence-electron chi connectivity index (χ0n) is 14.5. The second-order valence-electron chi connectivity index (χ2n) is 6.21. The van der Waals surface area contributed by atoms with E-state index in [4.69, 9.17) is 0 Å². The lowest BCUT2D eigenvalue weighted by atomic mass is 9.96. The molecule has 4 rings (SSSR count). The predicted octanol–water partition coefficient (Wildman–Crippen LogP) is 3.69. The fourth-order valence-corrected chi connectivity index (χ4v) is 4.24. The number of para-hydroxylation sites is 1. The minimum atomic E-state index is -0.995. The highest BCUT2D eigenvalue weighted by molar-refractivity contribution is 7.22. The minimum Gasteiger partial charge on any atom is -0.503 e. The number of carbonyl (C=O) groups is 2. The maximum Gasteiger partial charge on any atom is 0.296 e. The van der Waals surface area contributed by atoms with Crippen LogP contribution < -0.4 is 4.90 Å². The van der Waals surface area contributed by atoms with E-state index >= 15 is 0 Å². The van der Waals surface area contributed by atoms with Crippen molar-refractivity contribution in [2.45, 2.75) is 13.0 Å². The van der Waals surface area contributed by atoms with Gasteiger partial charge >= 0.3 is 0 Å². The number of ketones is 1. The van der Waals surface area contributed by atoms with Gasteiger partial charge < -0.3 is 5.11 Å². The first-order chi connectivity index (χ1) is 13.4. The number of non-ortho nitro benzene ring substituents is 1. The standard InChI is InChI=1S/C19H13N3O5S/c1-10(23)15-16(11-5-4-6-12(9-11)22(26)27)21(18(25)17(15)24)19-20-13-7-2-3-8-14(13)28-19/h2-9,16,24H,1H3/t16-/m0/s1. The number of benzene rings is 2. The Morgan fingerprint density at radius 1 is 1.25 bits per heavy atom. The molecule has 1 atom stereocenters. The number of amides is 1. The number of Topliss-reactive ketones (excluding diaryl/α,β-unsaturated/α-hetero) is 1. The van der Waals surface area contributed by atoms with E-state index in [2.05, 4.69) is 4.98 Å². The molecule has 9 heteroatoms. The van der Waals surface area contributed by atoms with Crippen LogP contribution in [0.1, 0.15) is 18.5 Å². The Morgan fingerprint density at radius 2 is 2.00 bits per heavy atom. The molecular weight excluding hydrogens is 382 g/mol. The average Bonchev–Trinajstić information content (AvgIpc) is 3.20. The van der Waals surface area contributed by atoms with Crippen LogP contribution >= 0.6 is 11.3 Å². The van der Waals surface area contributed by atoms with Crippen molar-refractivity contribution >= 4 is 44.1 Å². The molecule has 0 fully saturated rings. The van der Waals surface area contributed by atoms with Crippen molar-refractivity contribution in [2.75, 3.05) is 4.90 Å². The van der Waals surface area contributed by atoms with E-state index in [1.54, 1.807) is 12.1 Å². The SMILES string of the molecule is CC(=O)C1=C(O)C(=O)N(c2nc3ccccc3s2)[C@H]1c1cccc([N+](=O)[O-])c1. The number of nitro groups is 1. The van der Waals surface area contributed by atoms with Gasteiger partial charge in [0.15, 0.2) is 16.7 Å². The monoisotopic (exact) mass is 395 g/mol. The van der Waals surface area contributed by atoms with Gasteiger partial charge in [-0.2, -0.15) is 0 Å². The number of hydrogen-bond donors (Lipinski definition) is 1. The quantitative estimate of drug-likeness (QED) is 0.532. The summed E-state index contributed by atoms with van der Waals surface area (Å²) in [5.41, 5.74) is 0.730. The molecule has 0 saturated heterocycles. The van der Waals surface area contributed by atoms with Gasteiger partial charge in [0, 0.05) is 12.1 Å². The van der Waals surface area contributed by atoms with Gasteiger partial charge in [-0.15, -0.1) is 0 Å². The number of nitrogens with zero attached hydrogens (tertiary/aromatic N) is 3. The maximum atomic E-state index is 12.8. The number of anilines is 1. The lowest BCUT2D eigenvalue weighted by Crippen LogP contribution is -2.30. The Hall–Kier alpha value is -3.59. The number of aromatic nitrogens is 1. The Morgan fingerprint density at radius 3 is 2.68 bits per heavy atom. The number of thiazole rings is 1. The van der Waals surface area contributed by atoms with E-state index in [-0.39, 0.29) is 11.3 Å². The summed E-state index contributed by atoms with van der Waals surface area (Å²) in [6.07, 6.45) is 0. The first kappa shape index (κ1) is 17.8. The Labute approximate surface area is 162 Å². The van der Waals surface area contributed by atoms with E-state index in [0.717, 1.165) is 4.70 Å². The third-order valence-corrected chi connectivity index (χ3v) is 5.51. The highest BCUT2D eigenvalue weighted by atomic mass is 32.1. The smallest absolute Gasteiger partial charge is 0.296 e. The predicted molar refractivity (Wildman–Crippen MR) is 103 cm³/mol. The fraction of sp³-hybridized carbons (Fsp3) is 0.105. The van der Waals surface area contributed by atoms with E-state index < -0.39 is 28.4 Å². The average molecular weight is 395 g/mol. The molecule has 1 amide bonds. The van der Waals surface area contributed by atoms with Gasteiger partial charge in [0.1, 0.15) is 0 Å². The number of nitro benzene ring substituents is 1. The van der Waals surface area contributed by atoms with Crippen LogP contribution in [0.5, 0.6) is 0 Å². The molecule has 2 aromatic carbocycles. The molecule has 140 valence electrons. The highest BCUT2D eigenvalue weighted by Crippen LogP contribution is 2.43. The van der Waals surface area contributed by atoms with Crippen LogP contribution in [0.4, 0.5) is 10.8 Å². The van der Waals surface area contributed by atoms with Crippen LogP contribution in [0, 0.1) is 10.1 Å². The topological polar surface area (TPSA) is 114 Å². The van der Waals surface area contributed by atoms with Crippen molar-refractivity contribution in [3.05, 3.63) is 75.5 Å². The molecule has 8 nitrogen and oxygen atoms in total. The van der Waals surface area contributed by atoms with Crippen molar-refractivity contribution in [3.63, 3.8) is 0 Å². The molecule has 0 unspecified atom stereocenters. The fourth-order valence-electron chi connectivity index (χ4n) is 3.25. The molecular formula is C19H13N3O5S. The molecule has 1 aromatic heterocycles. The van der Waals surface area contributed by atoms with Gasteiger partial charge in [-0.25, -0.2) is 4.98 Å². The van der Waals surface area contributed by atoms with Gasteiger partial charge in [-0.1, -0.05) is 35.6 Å². The number of rotatable bonds is 4. The summed E-state index contributed by atoms with van der Waals surface area (Å²) in [5.74, 6) is -1.92. The summed E-state index contributed by atoms with van der Waals surface area (Å²) in [4.78, 5) is 41.3. The molecule has 0 spiro atoms. The van der Waals surface area contributed by atoms with Gasteiger partial charge in [-0.3, -0.25) is 24.6 Å². The van der Waals surface area contributed by atoms with Crippen LogP contribution in [-0.2, 0) is 9.59 Å². The van der Waals surface area contributed by atoms with Crippen molar-refractivity contribution in [1.82, 2.24) is 4.98 Å². The molecule has 0 saturated carbocycles.